The summed E-state index contributed by atoms with van der Waals surface area (Å²) in [5, 5.41) is 12.9. The van der Waals surface area contributed by atoms with Crippen molar-refractivity contribution in [3.63, 3.8) is 0 Å². The van der Waals surface area contributed by atoms with Crippen LogP contribution in [0.1, 0.15) is 52.7 Å². The SMILES string of the molecule is CC(C)(C)c1ccc(O)c(-c2nc3c(-c4cccc(-c5cccc6c(-c7ccccc7)ccnc56)c4)cc(C(C)(C)C)cc3s2)c1. The second-order valence-electron chi connectivity index (χ2n) is 14.1. The average molecular weight is 619 g/mol. The Morgan fingerprint density at radius 1 is 0.543 bits per heavy atom. The molecular formula is C42H38N2OS. The van der Waals surface area contributed by atoms with Crippen LogP contribution < -0.4 is 0 Å². The molecule has 0 bridgehead atoms. The fourth-order valence-corrected chi connectivity index (χ4v) is 7.16. The van der Waals surface area contributed by atoms with Crippen molar-refractivity contribution in [2.45, 2.75) is 52.4 Å². The highest BCUT2D eigenvalue weighted by atomic mass is 32.1. The maximum atomic E-state index is 11.0. The summed E-state index contributed by atoms with van der Waals surface area (Å²) in [5.74, 6) is 0.255. The van der Waals surface area contributed by atoms with Crippen molar-refractivity contribution in [1.82, 2.24) is 9.97 Å². The monoisotopic (exact) mass is 618 g/mol. The molecule has 7 aromatic rings. The first-order chi connectivity index (χ1) is 22.0. The Balaban J connectivity index is 1.40. The van der Waals surface area contributed by atoms with Gasteiger partial charge in [0.25, 0.3) is 0 Å². The first-order valence-electron chi connectivity index (χ1n) is 15.8. The standard InChI is InChI=1S/C42H38N2OS/c1-41(2,3)29-18-19-36(45)35(23-29)40-44-39-34(24-30(42(4,5)6)25-37(39)46-40)28-15-10-14-27(22-28)32-16-11-17-33-31(20-21-43-38(32)33)26-12-8-7-9-13-26/h7-25,45H,1-6H3. The molecule has 0 amide bonds. The predicted octanol–water partition coefficient (Wildman–Crippen LogP) is 11.8. The largest absolute Gasteiger partial charge is 0.507 e. The van der Waals surface area contributed by atoms with E-state index in [2.05, 4.69) is 133 Å². The van der Waals surface area contributed by atoms with Gasteiger partial charge in [-0.25, -0.2) is 4.98 Å². The van der Waals surface area contributed by atoms with E-state index in [1.54, 1.807) is 17.4 Å². The second kappa shape index (κ2) is 11.2. The normalized spacial score (nSPS) is 12.2. The van der Waals surface area contributed by atoms with Crippen LogP contribution in [0, 0.1) is 0 Å². The van der Waals surface area contributed by atoms with E-state index < -0.39 is 0 Å². The van der Waals surface area contributed by atoms with Gasteiger partial charge in [-0.15, -0.1) is 11.3 Å². The number of phenolic OH excluding ortho intramolecular Hbond substituents is 1. The smallest absolute Gasteiger partial charge is 0.128 e. The minimum absolute atomic E-state index is 0.0392. The van der Waals surface area contributed by atoms with Crippen molar-refractivity contribution in [2.24, 2.45) is 0 Å². The molecule has 2 aromatic heterocycles. The van der Waals surface area contributed by atoms with Crippen LogP contribution in [0.5, 0.6) is 5.75 Å². The highest BCUT2D eigenvalue weighted by Crippen LogP contribution is 2.43. The molecular weight excluding hydrogens is 581 g/mol. The molecule has 1 N–H and O–H groups in total. The van der Waals surface area contributed by atoms with Crippen molar-refractivity contribution in [2.75, 3.05) is 0 Å². The highest BCUT2D eigenvalue weighted by Gasteiger charge is 2.22. The number of pyridine rings is 1. The molecule has 46 heavy (non-hydrogen) atoms. The van der Waals surface area contributed by atoms with E-state index in [1.165, 1.54) is 22.3 Å². The summed E-state index contributed by atoms with van der Waals surface area (Å²) < 4.78 is 1.11. The number of phenols is 1. The van der Waals surface area contributed by atoms with Crippen LogP contribution in [0.15, 0.2) is 115 Å². The van der Waals surface area contributed by atoms with Crippen LogP contribution >= 0.6 is 11.3 Å². The molecule has 0 saturated carbocycles. The maximum Gasteiger partial charge on any atom is 0.128 e. The molecule has 0 fully saturated rings. The lowest BCUT2D eigenvalue weighted by Crippen LogP contribution is -2.11. The molecule has 4 heteroatoms. The third kappa shape index (κ3) is 5.48. The third-order valence-corrected chi connectivity index (χ3v) is 9.83. The lowest BCUT2D eigenvalue weighted by Gasteiger charge is -2.20. The number of hydrogen-bond donors (Lipinski definition) is 1. The lowest BCUT2D eigenvalue weighted by molar-refractivity contribution is 0.476. The van der Waals surface area contributed by atoms with Crippen molar-refractivity contribution >= 4 is 32.5 Å². The fourth-order valence-electron chi connectivity index (χ4n) is 6.10. The van der Waals surface area contributed by atoms with Gasteiger partial charge in [0, 0.05) is 22.7 Å². The molecule has 0 aliphatic rings. The van der Waals surface area contributed by atoms with Gasteiger partial charge >= 0.3 is 0 Å². The molecule has 3 nitrogen and oxygen atoms in total. The number of aromatic hydroxyl groups is 1. The summed E-state index contributed by atoms with van der Waals surface area (Å²) in [6, 6.07) is 38.3. The minimum atomic E-state index is -0.0492. The summed E-state index contributed by atoms with van der Waals surface area (Å²) >= 11 is 1.64. The van der Waals surface area contributed by atoms with Gasteiger partial charge in [-0.2, -0.15) is 0 Å². The van der Waals surface area contributed by atoms with Gasteiger partial charge in [0.15, 0.2) is 0 Å². The zero-order valence-electron chi connectivity index (χ0n) is 27.2. The van der Waals surface area contributed by atoms with Crippen LogP contribution in [-0.4, -0.2) is 15.1 Å². The molecule has 0 aliphatic heterocycles. The van der Waals surface area contributed by atoms with Gasteiger partial charge < -0.3 is 5.11 Å². The fraction of sp³-hybridized carbons (Fsp3) is 0.190. The third-order valence-electron chi connectivity index (χ3n) is 8.79. The zero-order chi connectivity index (χ0) is 32.2. The number of rotatable bonds is 4. The molecule has 0 aliphatic carbocycles. The number of thiazole rings is 1. The number of benzene rings is 5. The second-order valence-corrected chi connectivity index (χ2v) is 15.2. The average Bonchev–Trinajstić information content (AvgIpc) is 3.48. The molecule has 0 saturated heterocycles. The van der Waals surface area contributed by atoms with Crippen LogP contribution in [0.3, 0.4) is 0 Å². The summed E-state index contributed by atoms with van der Waals surface area (Å²) in [7, 11) is 0. The molecule has 7 rings (SSSR count). The molecule has 0 radical (unpaired) electrons. The maximum absolute atomic E-state index is 11.0. The Morgan fingerprint density at radius 2 is 1.22 bits per heavy atom. The van der Waals surface area contributed by atoms with Gasteiger partial charge in [-0.1, -0.05) is 114 Å². The Morgan fingerprint density at radius 3 is 1.96 bits per heavy atom. The van der Waals surface area contributed by atoms with Crippen LogP contribution in [-0.2, 0) is 10.8 Å². The summed E-state index contributed by atoms with van der Waals surface area (Å²) in [6.45, 7) is 13.3. The molecule has 0 unspecified atom stereocenters. The van der Waals surface area contributed by atoms with Crippen molar-refractivity contribution in [3.05, 3.63) is 127 Å². The Kier molecular flexibility index (Phi) is 7.29. The van der Waals surface area contributed by atoms with Crippen molar-refractivity contribution in [3.8, 4) is 49.7 Å². The van der Waals surface area contributed by atoms with Gasteiger partial charge in [-0.05, 0) is 80.6 Å². The highest BCUT2D eigenvalue weighted by molar-refractivity contribution is 7.21. The van der Waals surface area contributed by atoms with E-state index in [-0.39, 0.29) is 16.6 Å². The van der Waals surface area contributed by atoms with E-state index in [0.717, 1.165) is 53.9 Å². The van der Waals surface area contributed by atoms with Crippen LogP contribution in [0.4, 0.5) is 0 Å². The number of para-hydroxylation sites is 1. The van der Waals surface area contributed by atoms with E-state index in [1.807, 2.05) is 18.3 Å². The van der Waals surface area contributed by atoms with Gasteiger partial charge in [0.2, 0.25) is 0 Å². The summed E-state index contributed by atoms with van der Waals surface area (Å²) in [5.41, 5.74) is 11.8. The van der Waals surface area contributed by atoms with Gasteiger partial charge in [0.05, 0.1) is 21.3 Å². The van der Waals surface area contributed by atoms with Gasteiger partial charge in [0.1, 0.15) is 10.8 Å². The molecule has 0 spiro atoms. The van der Waals surface area contributed by atoms with Crippen molar-refractivity contribution < 1.29 is 5.11 Å². The summed E-state index contributed by atoms with van der Waals surface area (Å²) in [4.78, 5) is 10.1. The number of hydrogen-bond acceptors (Lipinski definition) is 4. The van der Waals surface area contributed by atoms with E-state index in [0.29, 0.717) is 0 Å². The number of aromatic nitrogens is 2. The molecule has 5 aromatic carbocycles. The van der Waals surface area contributed by atoms with E-state index >= 15 is 0 Å². The van der Waals surface area contributed by atoms with E-state index in [4.69, 9.17) is 9.97 Å². The lowest BCUT2D eigenvalue weighted by atomic mass is 9.85. The topological polar surface area (TPSA) is 46.0 Å². The first-order valence-corrected chi connectivity index (χ1v) is 16.6. The molecule has 228 valence electrons. The van der Waals surface area contributed by atoms with Crippen LogP contribution in [0.25, 0.3) is 65.1 Å². The van der Waals surface area contributed by atoms with E-state index in [9.17, 15) is 5.11 Å². The quantitative estimate of drug-likeness (QED) is 0.213. The van der Waals surface area contributed by atoms with Crippen molar-refractivity contribution in [1.29, 1.82) is 0 Å². The molecule has 2 heterocycles. The summed E-state index contributed by atoms with van der Waals surface area (Å²) in [6.07, 6.45) is 1.91. The Bertz CT molecular complexity index is 2230. The zero-order valence-corrected chi connectivity index (χ0v) is 28.0. The number of fused-ring (bicyclic) bond motifs is 2. The first kappa shape index (κ1) is 29.9. The Labute approximate surface area is 275 Å². The Hall–Kier alpha value is -4.80. The van der Waals surface area contributed by atoms with Gasteiger partial charge in [-0.3, -0.25) is 4.98 Å². The number of nitrogens with zero attached hydrogens (tertiary/aromatic N) is 2. The minimum Gasteiger partial charge on any atom is -0.507 e. The molecule has 0 atom stereocenters. The van der Waals surface area contributed by atoms with Crippen LogP contribution in [0.2, 0.25) is 0 Å². The predicted molar refractivity (Wildman–Crippen MR) is 196 cm³/mol.